The third-order valence-corrected chi connectivity index (χ3v) is 3.90. The van der Waals surface area contributed by atoms with Crippen molar-refractivity contribution in [1.29, 1.82) is 0 Å². The second-order valence-corrected chi connectivity index (χ2v) is 5.91. The number of rotatable bonds is 3. The normalized spacial score (nSPS) is 10.9. The zero-order chi connectivity index (χ0) is 11.7. The molecule has 2 heterocycles. The standard InChI is InChI=1S/C9H9Cl2N3S2/c1-2-3-14-8(12-13-9(14)15)5-4-6(10)16-7(5)11/h4H,2-3H2,1H3,(H,13,15). The molecular formula is C9H9Cl2N3S2. The van der Waals surface area contributed by atoms with E-state index >= 15 is 0 Å². The van der Waals surface area contributed by atoms with Crippen LogP contribution in [0.1, 0.15) is 13.3 Å². The molecule has 0 aliphatic carbocycles. The molecule has 0 bridgehead atoms. The maximum Gasteiger partial charge on any atom is 0.195 e. The minimum Gasteiger partial charge on any atom is -0.300 e. The van der Waals surface area contributed by atoms with Gasteiger partial charge in [0, 0.05) is 6.54 Å². The molecule has 0 unspecified atom stereocenters. The lowest BCUT2D eigenvalue weighted by atomic mass is 10.3. The fraction of sp³-hybridized carbons (Fsp3) is 0.333. The highest BCUT2D eigenvalue weighted by Gasteiger charge is 2.14. The van der Waals surface area contributed by atoms with E-state index in [4.69, 9.17) is 35.4 Å². The minimum absolute atomic E-state index is 0.607. The molecule has 2 aromatic rings. The van der Waals surface area contributed by atoms with Gasteiger partial charge in [0.2, 0.25) is 0 Å². The van der Waals surface area contributed by atoms with Crippen LogP contribution in [-0.4, -0.2) is 14.8 Å². The quantitative estimate of drug-likeness (QED) is 0.852. The first kappa shape index (κ1) is 12.1. The van der Waals surface area contributed by atoms with Gasteiger partial charge < -0.3 is 4.57 Å². The van der Waals surface area contributed by atoms with Crippen LogP contribution >= 0.6 is 46.8 Å². The maximum absolute atomic E-state index is 6.09. The first-order chi connectivity index (χ1) is 7.63. The molecule has 0 aliphatic heterocycles. The van der Waals surface area contributed by atoms with Crippen LogP contribution in [0.15, 0.2) is 6.07 Å². The molecule has 0 amide bonds. The molecular weight excluding hydrogens is 285 g/mol. The number of aromatic nitrogens is 3. The van der Waals surface area contributed by atoms with Gasteiger partial charge in [-0.2, -0.15) is 5.10 Å². The van der Waals surface area contributed by atoms with E-state index in [1.165, 1.54) is 11.3 Å². The van der Waals surface area contributed by atoms with Crippen LogP contribution in [0.4, 0.5) is 0 Å². The third-order valence-electron chi connectivity index (χ3n) is 2.10. The third kappa shape index (κ3) is 2.18. The van der Waals surface area contributed by atoms with E-state index < -0.39 is 0 Å². The van der Waals surface area contributed by atoms with Crippen LogP contribution in [0, 0.1) is 4.77 Å². The fourth-order valence-electron chi connectivity index (χ4n) is 1.45. The number of hydrogen-bond acceptors (Lipinski definition) is 3. The molecule has 86 valence electrons. The number of H-pyrrole nitrogens is 1. The van der Waals surface area contributed by atoms with Crippen LogP contribution < -0.4 is 0 Å². The van der Waals surface area contributed by atoms with Crippen molar-refractivity contribution in [3.05, 3.63) is 19.5 Å². The van der Waals surface area contributed by atoms with Crippen LogP contribution in [0.5, 0.6) is 0 Å². The molecule has 3 nitrogen and oxygen atoms in total. The summed E-state index contributed by atoms with van der Waals surface area (Å²) in [5.74, 6) is 0.750. The molecule has 1 N–H and O–H groups in total. The van der Waals surface area contributed by atoms with Crippen LogP contribution in [0.2, 0.25) is 8.67 Å². The average molecular weight is 294 g/mol. The predicted octanol–water partition coefficient (Wildman–Crippen LogP) is 4.39. The lowest BCUT2D eigenvalue weighted by Gasteiger charge is -2.03. The maximum atomic E-state index is 6.09. The summed E-state index contributed by atoms with van der Waals surface area (Å²) >= 11 is 18.5. The smallest absolute Gasteiger partial charge is 0.195 e. The zero-order valence-electron chi connectivity index (χ0n) is 8.46. The summed E-state index contributed by atoms with van der Waals surface area (Å²) in [7, 11) is 0. The van der Waals surface area contributed by atoms with Gasteiger partial charge in [-0.15, -0.1) is 11.3 Å². The van der Waals surface area contributed by atoms with Crippen LogP contribution in [-0.2, 0) is 6.54 Å². The zero-order valence-corrected chi connectivity index (χ0v) is 11.6. The highest BCUT2D eigenvalue weighted by atomic mass is 35.5. The Morgan fingerprint density at radius 1 is 1.56 bits per heavy atom. The van der Waals surface area contributed by atoms with Gasteiger partial charge in [-0.25, -0.2) is 0 Å². The summed E-state index contributed by atoms with van der Waals surface area (Å²) < 4.78 is 3.82. The fourth-order valence-corrected chi connectivity index (χ4v) is 3.13. The van der Waals surface area contributed by atoms with Gasteiger partial charge >= 0.3 is 0 Å². The molecule has 0 spiro atoms. The Hall–Kier alpha value is -0.360. The monoisotopic (exact) mass is 293 g/mol. The molecule has 0 saturated carbocycles. The molecule has 0 fully saturated rings. The molecule has 2 rings (SSSR count). The SMILES string of the molecule is CCCn1c(-c2cc(Cl)sc2Cl)n[nH]c1=S. The number of thiophene rings is 1. The van der Waals surface area contributed by atoms with Crippen molar-refractivity contribution in [3.8, 4) is 11.4 Å². The molecule has 0 aromatic carbocycles. The summed E-state index contributed by atoms with van der Waals surface area (Å²) in [5.41, 5.74) is 0.831. The first-order valence-electron chi connectivity index (χ1n) is 4.74. The Bertz CT molecular complexity index is 555. The summed E-state index contributed by atoms with van der Waals surface area (Å²) in [6, 6.07) is 1.81. The van der Waals surface area contributed by atoms with E-state index in [9.17, 15) is 0 Å². The van der Waals surface area contributed by atoms with Crippen molar-refractivity contribution >= 4 is 46.8 Å². The molecule has 7 heteroatoms. The Kier molecular flexibility index (Phi) is 3.69. The Labute approximate surface area is 112 Å². The molecule has 2 aromatic heterocycles. The largest absolute Gasteiger partial charge is 0.300 e. The highest BCUT2D eigenvalue weighted by Crippen LogP contribution is 2.37. The number of halogens is 2. The van der Waals surface area contributed by atoms with E-state index in [-0.39, 0.29) is 0 Å². The van der Waals surface area contributed by atoms with Crippen molar-refractivity contribution in [2.45, 2.75) is 19.9 Å². The van der Waals surface area contributed by atoms with Gasteiger partial charge in [0.15, 0.2) is 10.6 Å². The summed E-state index contributed by atoms with van der Waals surface area (Å²) in [4.78, 5) is 0. The van der Waals surface area contributed by atoms with Gasteiger partial charge in [0.05, 0.1) is 9.90 Å². The van der Waals surface area contributed by atoms with Crippen LogP contribution in [0.3, 0.4) is 0 Å². The number of nitrogens with zero attached hydrogens (tertiary/aromatic N) is 2. The van der Waals surface area contributed by atoms with Crippen molar-refractivity contribution in [2.24, 2.45) is 0 Å². The number of nitrogens with one attached hydrogen (secondary N) is 1. The minimum atomic E-state index is 0.607. The van der Waals surface area contributed by atoms with Crippen molar-refractivity contribution < 1.29 is 0 Å². The van der Waals surface area contributed by atoms with E-state index in [1.807, 2.05) is 10.6 Å². The lowest BCUT2D eigenvalue weighted by molar-refractivity contribution is 0.675. The molecule has 0 atom stereocenters. The van der Waals surface area contributed by atoms with E-state index in [0.29, 0.717) is 13.4 Å². The number of aromatic amines is 1. The Balaban J connectivity index is 2.55. The summed E-state index contributed by atoms with van der Waals surface area (Å²) in [6.45, 7) is 2.90. The van der Waals surface area contributed by atoms with E-state index in [2.05, 4.69) is 17.1 Å². The topological polar surface area (TPSA) is 33.6 Å². The number of hydrogen-bond donors (Lipinski definition) is 1. The van der Waals surface area contributed by atoms with Gasteiger partial charge in [0.1, 0.15) is 4.34 Å². The summed E-state index contributed by atoms with van der Waals surface area (Å²) in [6.07, 6.45) is 0.982. The van der Waals surface area contributed by atoms with Gasteiger partial charge in [-0.05, 0) is 24.7 Å². The first-order valence-corrected chi connectivity index (χ1v) is 6.72. The second kappa shape index (κ2) is 4.87. The van der Waals surface area contributed by atoms with Gasteiger partial charge in [-0.1, -0.05) is 30.1 Å². The highest BCUT2D eigenvalue weighted by molar-refractivity contribution is 7.71. The predicted molar refractivity (Wildman–Crippen MR) is 71.0 cm³/mol. The average Bonchev–Trinajstić information content (AvgIpc) is 2.73. The lowest BCUT2D eigenvalue weighted by Crippen LogP contribution is -1.99. The van der Waals surface area contributed by atoms with Gasteiger partial charge in [-0.3, -0.25) is 5.10 Å². The van der Waals surface area contributed by atoms with Crippen molar-refractivity contribution in [3.63, 3.8) is 0 Å². The second-order valence-electron chi connectivity index (χ2n) is 3.24. The molecule has 0 radical (unpaired) electrons. The Morgan fingerprint density at radius 3 is 2.88 bits per heavy atom. The van der Waals surface area contributed by atoms with Crippen molar-refractivity contribution in [2.75, 3.05) is 0 Å². The van der Waals surface area contributed by atoms with E-state index in [1.54, 1.807) is 0 Å². The molecule has 0 aliphatic rings. The summed E-state index contributed by atoms with van der Waals surface area (Å²) in [5, 5.41) is 6.96. The molecule has 16 heavy (non-hydrogen) atoms. The molecule has 0 saturated heterocycles. The van der Waals surface area contributed by atoms with Crippen molar-refractivity contribution in [1.82, 2.24) is 14.8 Å². The Morgan fingerprint density at radius 2 is 2.31 bits per heavy atom. The van der Waals surface area contributed by atoms with Crippen LogP contribution in [0.25, 0.3) is 11.4 Å². The van der Waals surface area contributed by atoms with Gasteiger partial charge in [0.25, 0.3) is 0 Å². The van der Waals surface area contributed by atoms with E-state index in [0.717, 1.165) is 24.4 Å².